The predicted molar refractivity (Wildman–Crippen MR) is 129 cm³/mol. The van der Waals surface area contributed by atoms with E-state index in [1.54, 1.807) is 5.57 Å². The highest BCUT2D eigenvalue weighted by atomic mass is 14.4. The molecule has 0 bridgehead atoms. The predicted octanol–water partition coefficient (Wildman–Crippen LogP) is 8.36. The van der Waals surface area contributed by atoms with Crippen LogP contribution < -0.4 is 0 Å². The lowest BCUT2D eigenvalue weighted by atomic mass is 9.79. The van der Waals surface area contributed by atoms with Gasteiger partial charge in [0, 0.05) is 11.8 Å². The molecule has 2 aliphatic carbocycles. The van der Waals surface area contributed by atoms with Crippen molar-refractivity contribution >= 4 is 6.08 Å². The molecule has 5 rings (SSSR count). The molecule has 0 nitrogen and oxygen atoms in total. The highest BCUT2D eigenvalue weighted by Crippen LogP contribution is 2.50. The van der Waals surface area contributed by atoms with E-state index in [-0.39, 0.29) is 0 Å². The van der Waals surface area contributed by atoms with Gasteiger partial charge in [-0.05, 0) is 65.0 Å². The fraction of sp³-hybridized carbons (Fsp3) is 0.267. The van der Waals surface area contributed by atoms with Gasteiger partial charge in [-0.1, -0.05) is 97.4 Å². The Hall–Kier alpha value is -2.86. The molecule has 30 heavy (non-hydrogen) atoms. The monoisotopic (exact) mass is 390 g/mol. The molecule has 0 N–H and O–H groups in total. The molecule has 150 valence electrons. The zero-order valence-electron chi connectivity index (χ0n) is 17.9. The molecule has 0 saturated heterocycles. The molecule has 0 amide bonds. The third kappa shape index (κ3) is 3.16. The van der Waals surface area contributed by atoms with Crippen LogP contribution in [0.1, 0.15) is 66.7 Å². The van der Waals surface area contributed by atoms with Crippen molar-refractivity contribution in [1.29, 1.82) is 0 Å². The van der Waals surface area contributed by atoms with Crippen LogP contribution in [0.15, 0.2) is 91.0 Å². The van der Waals surface area contributed by atoms with E-state index >= 15 is 0 Å². The Balaban J connectivity index is 1.46. The van der Waals surface area contributed by atoms with E-state index in [4.69, 9.17) is 0 Å². The number of rotatable bonds is 7. The highest BCUT2D eigenvalue weighted by Gasteiger charge is 2.32. The number of allylic oxidation sites excluding steroid dienone is 2. The van der Waals surface area contributed by atoms with Gasteiger partial charge in [-0.3, -0.25) is 0 Å². The molecule has 0 heterocycles. The maximum absolute atomic E-state index is 4.03. The minimum atomic E-state index is 0.505. The molecule has 2 atom stereocenters. The van der Waals surface area contributed by atoms with E-state index in [1.807, 2.05) is 0 Å². The van der Waals surface area contributed by atoms with Crippen LogP contribution in [0.25, 0.3) is 17.2 Å². The van der Waals surface area contributed by atoms with E-state index in [0.29, 0.717) is 17.8 Å². The van der Waals surface area contributed by atoms with Crippen LogP contribution in [-0.2, 0) is 0 Å². The van der Waals surface area contributed by atoms with Gasteiger partial charge in [0.2, 0.25) is 0 Å². The summed E-state index contributed by atoms with van der Waals surface area (Å²) < 4.78 is 0. The van der Waals surface area contributed by atoms with Gasteiger partial charge in [-0.25, -0.2) is 0 Å². The summed E-state index contributed by atoms with van der Waals surface area (Å²) in [5.74, 6) is 1.64. The summed E-state index contributed by atoms with van der Waals surface area (Å²) in [5.41, 5.74) is 10.4. The minimum absolute atomic E-state index is 0.505. The fourth-order valence-corrected chi connectivity index (χ4v) is 5.79. The lowest BCUT2D eigenvalue weighted by molar-refractivity contribution is 0.524. The SMILES string of the molecule is C=CCC(CC)C1=Cc2ccccc2C1CCC1c2ccccc2-c2ccccc21. The molecule has 2 unspecified atom stereocenters. The Kier molecular flexibility index (Phi) is 5.17. The first-order chi connectivity index (χ1) is 14.8. The standard InChI is InChI=1S/C30H30/c1-3-11-21(4-2)30-20-22-12-5-6-13-23(22)28(30)18-19-29-26-16-9-7-14-24(26)25-15-8-10-17-27(25)29/h3,5-10,12-17,20-21,28-29H,1,4,11,18-19H2,2H3. The summed E-state index contributed by atoms with van der Waals surface area (Å²) >= 11 is 0. The average Bonchev–Trinajstić information content (AvgIpc) is 3.32. The Bertz CT molecular complexity index is 1050. The Morgan fingerprint density at radius 3 is 1.97 bits per heavy atom. The van der Waals surface area contributed by atoms with Crippen molar-refractivity contribution < 1.29 is 0 Å². The summed E-state index contributed by atoms with van der Waals surface area (Å²) in [6.07, 6.45) is 9.21. The van der Waals surface area contributed by atoms with Gasteiger partial charge in [0.25, 0.3) is 0 Å². The Labute approximate surface area is 181 Å². The molecule has 0 aromatic heterocycles. The van der Waals surface area contributed by atoms with Crippen molar-refractivity contribution in [1.82, 2.24) is 0 Å². The molecule has 0 saturated carbocycles. The summed E-state index contributed by atoms with van der Waals surface area (Å²) in [6.45, 7) is 6.34. The third-order valence-corrected chi connectivity index (χ3v) is 7.22. The smallest absolute Gasteiger partial charge is 0.0102 e. The first-order valence-corrected chi connectivity index (χ1v) is 11.4. The topological polar surface area (TPSA) is 0 Å². The van der Waals surface area contributed by atoms with Gasteiger partial charge < -0.3 is 0 Å². The van der Waals surface area contributed by atoms with Crippen LogP contribution >= 0.6 is 0 Å². The van der Waals surface area contributed by atoms with E-state index in [2.05, 4.69) is 98.5 Å². The van der Waals surface area contributed by atoms with Crippen LogP contribution in [0.2, 0.25) is 0 Å². The number of hydrogen-bond donors (Lipinski definition) is 0. The van der Waals surface area contributed by atoms with Crippen LogP contribution in [0.5, 0.6) is 0 Å². The minimum Gasteiger partial charge on any atom is -0.103 e. The van der Waals surface area contributed by atoms with Crippen molar-refractivity contribution in [2.45, 2.75) is 44.4 Å². The summed E-state index contributed by atoms with van der Waals surface area (Å²) in [6, 6.07) is 27.0. The van der Waals surface area contributed by atoms with Crippen LogP contribution in [0, 0.1) is 5.92 Å². The Morgan fingerprint density at radius 2 is 1.33 bits per heavy atom. The van der Waals surface area contributed by atoms with E-state index in [9.17, 15) is 0 Å². The zero-order chi connectivity index (χ0) is 20.5. The maximum atomic E-state index is 4.03. The first-order valence-electron chi connectivity index (χ1n) is 11.4. The molecular weight excluding hydrogens is 360 g/mol. The quantitative estimate of drug-likeness (QED) is 0.355. The zero-order valence-corrected chi connectivity index (χ0v) is 17.9. The molecule has 0 aliphatic heterocycles. The molecule has 3 aromatic carbocycles. The molecule has 0 radical (unpaired) electrons. The van der Waals surface area contributed by atoms with Gasteiger partial charge in [0.1, 0.15) is 0 Å². The lowest BCUT2D eigenvalue weighted by Gasteiger charge is -2.25. The highest BCUT2D eigenvalue weighted by molar-refractivity contribution is 5.78. The summed E-state index contributed by atoms with van der Waals surface area (Å²) in [7, 11) is 0. The summed E-state index contributed by atoms with van der Waals surface area (Å²) in [4.78, 5) is 0. The molecule has 0 heteroatoms. The number of hydrogen-bond acceptors (Lipinski definition) is 0. The van der Waals surface area contributed by atoms with E-state index in [1.165, 1.54) is 52.6 Å². The van der Waals surface area contributed by atoms with Crippen molar-refractivity contribution in [3.05, 3.63) is 113 Å². The van der Waals surface area contributed by atoms with Gasteiger partial charge in [-0.2, -0.15) is 0 Å². The van der Waals surface area contributed by atoms with Gasteiger partial charge in [0.15, 0.2) is 0 Å². The summed E-state index contributed by atoms with van der Waals surface area (Å²) in [5, 5.41) is 0. The first kappa shape index (κ1) is 19.1. The second-order valence-corrected chi connectivity index (χ2v) is 8.76. The molecule has 2 aliphatic rings. The lowest BCUT2D eigenvalue weighted by Crippen LogP contribution is -2.10. The van der Waals surface area contributed by atoms with Crippen molar-refractivity contribution in [3.8, 4) is 11.1 Å². The van der Waals surface area contributed by atoms with Crippen molar-refractivity contribution in [2.75, 3.05) is 0 Å². The van der Waals surface area contributed by atoms with Gasteiger partial charge in [-0.15, -0.1) is 6.58 Å². The third-order valence-electron chi connectivity index (χ3n) is 7.22. The molecular formula is C30H30. The van der Waals surface area contributed by atoms with Gasteiger partial charge >= 0.3 is 0 Å². The largest absolute Gasteiger partial charge is 0.103 e. The molecule has 3 aromatic rings. The molecule has 0 fully saturated rings. The van der Waals surface area contributed by atoms with Gasteiger partial charge in [0.05, 0.1) is 0 Å². The number of benzene rings is 3. The maximum Gasteiger partial charge on any atom is 0.0102 e. The second kappa shape index (κ2) is 8.11. The number of fused-ring (bicyclic) bond motifs is 4. The normalized spacial score (nSPS) is 17.8. The van der Waals surface area contributed by atoms with Crippen molar-refractivity contribution in [2.24, 2.45) is 5.92 Å². The second-order valence-electron chi connectivity index (χ2n) is 8.76. The van der Waals surface area contributed by atoms with Crippen LogP contribution in [0.3, 0.4) is 0 Å². The van der Waals surface area contributed by atoms with E-state index in [0.717, 1.165) is 6.42 Å². The fourth-order valence-electron chi connectivity index (χ4n) is 5.79. The average molecular weight is 391 g/mol. The van der Waals surface area contributed by atoms with Crippen LogP contribution in [-0.4, -0.2) is 0 Å². The Morgan fingerprint density at radius 1 is 0.767 bits per heavy atom. The van der Waals surface area contributed by atoms with Crippen LogP contribution in [0.4, 0.5) is 0 Å². The van der Waals surface area contributed by atoms with Crippen molar-refractivity contribution in [3.63, 3.8) is 0 Å². The molecule has 0 spiro atoms. The van der Waals surface area contributed by atoms with E-state index < -0.39 is 0 Å².